The fourth-order valence-electron chi connectivity index (χ4n) is 3.81. The quantitative estimate of drug-likeness (QED) is 0.419. The fraction of sp³-hybridized carbons (Fsp3) is 0.160. The van der Waals surface area contributed by atoms with Crippen molar-refractivity contribution in [3.05, 3.63) is 107 Å². The Bertz CT molecular complexity index is 1170. The van der Waals surface area contributed by atoms with Gasteiger partial charge in [-0.1, -0.05) is 54.1 Å². The van der Waals surface area contributed by atoms with E-state index in [0.717, 1.165) is 27.6 Å². The van der Waals surface area contributed by atoms with Gasteiger partial charge in [-0.3, -0.25) is 4.79 Å². The molecule has 0 fully saturated rings. The molecule has 0 bridgehead atoms. The summed E-state index contributed by atoms with van der Waals surface area (Å²) >= 11 is 6.09. The number of hydrogen-bond acceptors (Lipinski definition) is 1. The first-order chi connectivity index (χ1) is 14.5. The van der Waals surface area contributed by atoms with Crippen molar-refractivity contribution in [1.82, 2.24) is 9.88 Å². The first-order valence-corrected chi connectivity index (χ1v) is 10.2. The summed E-state index contributed by atoms with van der Waals surface area (Å²) in [6, 6.07) is 22.0. The molecule has 152 valence electrons. The third-order valence-corrected chi connectivity index (χ3v) is 5.62. The van der Waals surface area contributed by atoms with Crippen molar-refractivity contribution in [1.29, 1.82) is 0 Å². The zero-order valence-corrected chi connectivity index (χ0v) is 17.4. The molecule has 0 saturated heterocycles. The molecule has 0 spiro atoms. The Hall–Kier alpha value is -3.11. The number of rotatable bonds is 6. The second-order valence-corrected chi connectivity index (χ2v) is 7.86. The van der Waals surface area contributed by atoms with Crippen LogP contribution in [0.25, 0.3) is 10.9 Å². The van der Waals surface area contributed by atoms with Crippen molar-refractivity contribution in [2.75, 3.05) is 0 Å². The van der Waals surface area contributed by atoms with Gasteiger partial charge in [-0.25, -0.2) is 4.39 Å². The molecule has 1 aromatic heterocycles. The molecule has 0 aliphatic rings. The average molecular weight is 421 g/mol. The minimum Gasteiger partial charge on any atom is -0.352 e. The van der Waals surface area contributed by atoms with Crippen LogP contribution in [0.2, 0.25) is 5.02 Å². The number of fused-ring (bicyclic) bond motifs is 1. The van der Waals surface area contributed by atoms with Gasteiger partial charge in [0.15, 0.2) is 0 Å². The zero-order valence-electron chi connectivity index (χ0n) is 16.6. The lowest BCUT2D eigenvalue weighted by molar-refractivity contribution is -0.121. The Morgan fingerprint density at radius 3 is 2.47 bits per heavy atom. The molecule has 1 N–H and O–H groups in total. The summed E-state index contributed by atoms with van der Waals surface area (Å²) in [6.07, 6.45) is 2.40. The van der Waals surface area contributed by atoms with Crippen LogP contribution in [0.4, 0.5) is 4.39 Å². The monoisotopic (exact) mass is 420 g/mol. The van der Waals surface area contributed by atoms with Gasteiger partial charge in [0.2, 0.25) is 5.91 Å². The van der Waals surface area contributed by atoms with Crippen LogP contribution >= 0.6 is 11.6 Å². The molecule has 3 aromatic carbocycles. The SMILES string of the molecule is Cn1cc([C@@H](CC(=O)NCc2ccc(F)cc2)c2ccc(Cl)cc2)c2ccccc21. The Labute approximate surface area is 180 Å². The van der Waals surface area contributed by atoms with Gasteiger partial charge in [0.1, 0.15) is 5.82 Å². The molecule has 1 amide bonds. The lowest BCUT2D eigenvalue weighted by Gasteiger charge is -2.17. The van der Waals surface area contributed by atoms with Crippen molar-refractivity contribution < 1.29 is 9.18 Å². The van der Waals surface area contributed by atoms with Crippen molar-refractivity contribution in [2.24, 2.45) is 7.05 Å². The number of aromatic nitrogens is 1. The largest absolute Gasteiger partial charge is 0.352 e. The summed E-state index contributed by atoms with van der Waals surface area (Å²) in [5, 5.41) is 4.75. The van der Waals surface area contributed by atoms with E-state index in [9.17, 15) is 9.18 Å². The third-order valence-electron chi connectivity index (χ3n) is 5.37. The highest BCUT2D eigenvalue weighted by atomic mass is 35.5. The van der Waals surface area contributed by atoms with E-state index < -0.39 is 0 Å². The molecule has 3 nitrogen and oxygen atoms in total. The third kappa shape index (κ3) is 4.39. The van der Waals surface area contributed by atoms with E-state index in [1.165, 1.54) is 12.1 Å². The Kier molecular flexibility index (Phi) is 5.86. The summed E-state index contributed by atoms with van der Waals surface area (Å²) in [5.74, 6) is -0.461. The van der Waals surface area contributed by atoms with E-state index >= 15 is 0 Å². The molecule has 30 heavy (non-hydrogen) atoms. The maximum Gasteiger partial charge on any atom is 0.221 e. The summed E-state index contributed by atoms with van der Waals surface area (Å²) in [4.78, 5) is 12.8. The molecule has 4 rings (SSSR count). The maximum atomic E-state index is 13.1. The van der Waals surface area contributed by atoms with Crippen LogP contribution in [-0.2, 0) is 18.4 Å². The Balaban J connectivity index is 1.61. The standard InChI is InChI=1S/C25H22ClFN2O/c1-29-16-23(21-4-2-3-5-24(21)29)22(18-8-10-19(26)11-9-18)14-25(30)28-15-17-6-12-20(27)13-7-17/h2-13,16,22H,14-15H2,1H3,(H,28,30)/t22-/m0/s1. The fourth-order valence-corrected chi connectivity index (χ4v) is 3.94. The van der Waals surface area contributed by atoms with Gasteiger partial charge in [-0.05, 0) is 47.0 Å². The lowest BCUT2D eigenvalue weighted by Crippen LogP contribution is -2.25. The second kappa shape index (κ2) is 8.72. The zero-order chi connectivity index (χ0) is 21.1. The second-order valence-electron chi connectivity index (χ2n) is 7.42. The van der Waals surface area contributed by atoms with E-state index in [2.05, 4.69) is 28.2 Å². The number of benzene rings is 3. The van der Waals surface area contributed by atoms with Crippen molar-refractivity contribution in [3.63, 3.8) is 0 Å². The minimum absolute atomic E-state index is 0.0628. The molecule has 0 aliphatic heterocycles. The van der Waals surface area contributed by atoms with Gasteiger partial charge in [0.05, 0.1) is 0 Å². The number of amides is 1. The van der Waals surface area contributed by atoms with Crippen LogP contribution in [0.1, 0.15) is 29.0 Å². The van der Waals surface area contributed by atoms with Gasteiger partial charge >= 0.3 is 0 Å². The number of hydrogen-bond donors (Lipinski definition) is 1. The number of nitrogens with zero attached hydrogens (tertiary/aromatic N) is 1. The van der Waals surface area contributed by atoms with E-state index in [0.29, 0.717) is 18.0 Å². The average Bonchev–Trinajstić information content (AvgIpc) is 3.09. The maximum absolute atomic E-state index is 13.1. The van der Waals surface area contributed by atoms with E-state index in [4.69, 9.17) is 11.6 Å². The summed E-state index contributed by atoms with van der Waals surface area (Å²) in [5.41, 5.74) is 4.12. The number of aryl methyl sites for hydroxylation is 1. The number of nitrogens with one attached hydrogen (secondary N) is 1. The Morgan fingerprint density at radius 1 is 1.03 bits per heavy atom. The summed E-state index contributed by atoms with van der Waals surface area (Å²) in [7, 11) is 2.01. The predicted molar refractivity (Wildman–Crippen MR) is 119 cm³/mol. The normalized spacial score (nSPS) is 12.1. The van der Waals surface area contributed by atoms with Crippen molar-refractivity contribution >= 4 is 28.4 Å². The van der Waals surface area contributed by atoms with Crippen molar-refractivity contribution in [3.8, 4) is 0 Å². The molecule has 5 heteroatoms. The molecule has 0 radical (unpaired) electrons. The highest BCUT2D eigenvalue weighted by Crippen LogP contribution is 2.34. The van der Waals surface area contributed by atoms with Gasteiger partial charge in [-0.2, -0.15) is 0 Å². The van der Waals surface area contributed by atoms with Crippen LogP contribution in [0, 0.1) is 5.82 Å². The number of para-hydroxylation sites is 1. The molecular weight excluding hydrogens is 399 g/mol. The first-order valence-electron chi connectivity index (χ1n) is 9.82. The number of halogens is 2. The molecule has 1 heterocycles. The van der Waals surface area contributed by atoms with Gasteiger partial charge in [-0.15, -0.1) is 0 Å². The van der Waals surface area contributed by atoms with Gasteiger partial charge in [0.25, 0.3) is 0 Å². The highest BCUT2D eigenvalue weighted by molar-refractivity contribution is 6.30. The molecule has 0 unspecified atom stereocenters. The lowest BCUT2D eigenvalue weighted by atomic mass is 9.88. The molecular formula is C25H22ClFN2O. The number of carbonyl (C=O) groups excluding carboxylic acids is 1. The van der Waals surface area contributed by atoms with Crippen LogP contribution in [0.15, 0.2) is 79.0 Å². The molecule has 0 saturated carbocycles. The van der Waals surface area contributed by atoms with E-state index in [-0.39, 0.29) is 17.6 Å². The predicted octanol–water partition coefficient (Wildman–Crippen LogP) is 5.81. The van der Waals surface area contributed by atoms with Gasteiger partial charge in [0, 0.05) is 48.1 Å². The minimum atomic E-state index is -0.288. The molecule has 1 atom stereocenters. The molecule has 0 aliphatic carbocycles. The smallest absolute Gasteiger partial charge is 0.221 e. The molecule has 4 aromatic rings. The number of carbonyl (C=O) groups is 1. The van der Waals surface area contributed by atoms with E-state index in [1.807, 2.05) is 43.4 Å². The van der Waals surface area contributed by atoms with Gasteiger partial charge < -0.3 is 9.88 Å². The topological polar surface area (TPSA) is 34.0 Å². The van der Waals surface area contributed by atoms with Crippen LogP contribution in [0.5, 0.6) is 0 Å². The Morgan fingerprint density at radius 2 is 1.73 bits per heavy atom. The summed E-state index contributed by atoms with van der Waals surface area (Å²) in [6.45, 7) is 0.363. The van der Waals surface area contributed by atoms with Crippen LogP contribution < -0.4 is 5.32 Å². The van der Waals surface area contributed by atoms with Crippen LogP contribution in [-0.4, -0.2) is 10.5 Å². The van der Waals surface area contributed by atoms with E-state index in [1.54, 1.807) is 12.1 Å². The highest BCUT2D eigenvalue weighted by Gasteiger charge is 2.22. The van der Waals surface area contributed by atoms with Crippen LogP contribution in [0.3, 0.4) is 0 Å². The summed E-state index contributed by atoms with van der Waals surface area (Å²) < 4.78 is 15.2. The van der Waals surface area contributed by atoms with Crippen molar-refractivity contribution in [2.45, 2.75) is 18.9 Å². The first kappa shape index (κ1) is 20.2.